The topological polar surface area (TPSA) is 63.6 Å². The fraction of sp³-hybridized carbons (Fsp3) is 0.143. The van der Waals surface area contributed by atoms with Crippen molar-refractivity contribution in [2.45, 2.75) is 11.8 Å². The van der Waals surface area contributed by atoms with E-state index in [0.29, 0.717) is 11.5 Å². The second-order valence-corrected chi connectivity index (χ2v) is 6.78. The van der Waals surface area contributed by atoms with E-state index in [1.165, 1.54) is 30.3 Å². The molecule has 2 aromatic carbocycles. The van der Waals surface area contributed by atoms with Gasteiger partial charge >= 0.3 is 0 Å². The third-order valence-corrected chi connectivity index (χ3v) is 4.72. The van der Waals surface area contributed by atoms with Gasteiger partial charge < -0.3 is 9.84 Å². The van der Waals surface area contributed by atoms with E-state index >= 15 is 0 Å². The number of hydrogen-bond donors (Lipinski definition) is 1. The highest BCUT2D eigenvalue weighted by molar-refractivity contribution is 7.91. The Balaban J connectivity index is 2.31. The van der Waals surface area contributed by atoms with Crippen molar-refractivity contribution in [1.29, 1.82) is 0 Å². The van der Waals surface area contributed by atoms with E-state index in [4.69, 9.17) is 16.3 Å². The molecular formula is C14H13ClO4S. The van der Waals surface area contributed by atoms with Gasteiger partial charge in [-0.15, -0.1) is 0 Å². The first-order valence-corrected chi connectivity index (χ1v) is 7.94. The molecule has 4 nitrogen and oxygen atoms in total. The van der Waals surface area contributed by atoms with E-state index in [1.54, 1.807) is 19.1 Å². The fourth-order valence-corrected chi connectivity index (χ4v) is 2.79. The van der Waals surface area contributed by atoms with Crippen LogP contribution < -0.4 is 4.74 Å². The molecular weight excluding hydrogens is 300 g/mol. The Labute approximate surface area is 122 Å². The predicted molar refractivity (Wildman–Crippen MR) is 77.4 cm³/mol. The average Bonchev–Trinajstić information content (AvgIpc) is 2.41. The molecule has 0 radical (unpaired) electrons. The lowest BCUT2D eigenvalue weighted by atomic mass is 10.3. The van der Waals surface area contributed by atoms with Crippen molar-refractivity contribution >= 4 is 21.4 Å². The molecule has 0 heterocycles. The second-order valence-electron chi connectivity index (χ2n) is 4.10. The maximum absolute atomic E-state index is 11.7. The van der Waals surface area contributed by atoms with Crippen LogP contribution in [0.25, 0.3) is 0 Å². The fourth-order valence-electron chi connectivity index (χ4n) is 1.60. The molecule has 0 aromatic heterocycles. The van der Waals surface area contributed by atoms with Gasteiger partial charge in [-0.1, -0.05) is 24.6 Å². The van der Waals surface area contributed by atoms with Gasteiger partial charge in [0.25, 0.3) is 0 Å². The molecule has 0 fully saturated rings. The normalized spacial score (nSPS) is 11.3. The molecule has 106 valence electrons. The highest BCUT2D eigenvalue weighted by Gasteiger charge is 2.14. The van der Waals surface area contributed by atoms with Crippen LogP contribution in [-0.2, 0) is 9.84 Å². The van der Waals surface area contributed by atoms with Gasteiger partial charge in [0, 0.05) is 6.07 Å². The standard InChI is InChI=1S/C14H13ClO4S/c1-2-20(17,18)12-6-7-14(13(15)9-12)19-11-5-3-4-10(16)8-11/h3-9,16H,2H2,1H3. The molecule has 0 bridgehead atoms. The van der Waals surface area contributed by atoms with Crippen molar-refractivity contribution in [2.75, 3.05) is 5.75 Å². The van der Waals surface area contributed by atoms with E-state index in [9.17, 15) is 13.5 Å². The minimum atomic E-state index is -3.30. The van der Waals surface area contributed by atoms with E-state index < -0.39 is 9.84 Å². The van der Waals surface area contributed by atoms with Crippen LogP contribution in [0.2, 0.25) is 5.02 Å². The van der Waals surface area contributed by atoms with E-state index in [1.807, 2.05) is 0 Å². The zero-order valence-electron chi connectivity index (χ0n) is 10.7. The molecule has 0 saturated heterocycles. The molecule has 0 unspecified atom stereocenters. The van der Waals surface area contributed by atoms with Crippen molar-refractivity contribution in [1.82, 2.24) is 0 Å². The maximum atomic E-state index is 11.7. The van der Waals surface area contributed by atoms with Crippen LogP contribution in [0.4, 0.5) is 0 Å². The average molecular weight is 313 g/mol. The van der Waals surface area contributed by atoms with E-state index in [2.05, 4.69) is 0 Å². The number of rotatable bonds is 4. The Hall–Kier alpha value is -1.72. The summed E-state index contributed by atoms with van der Waals surface area (Å²) in [6, 6.07) is 10.6. The number of aromatic hydroxyl groups is 1. The first kappa shape index (κ1) is 14.7. The Bertz CT molecular complexity index is 726. The van der Waals surface area contributed by atoms with Crippen molar-refractivity contribution in [3.05, 3.63) is 47.5 Å². The SMILES string of the molecule is CCS(=O)(=O)c1ccc(Oc2cccc(O)c2)c(Cl)c1. The molecule has 0 spiro atoms. The molecule has 0 amide bonds. The third kappa shape index (κ3) is 3.23. The van der Waals surface area contributed by atoms with Crippen molar-refractivity contribution in [3.63, 3.8) is 0 Å². The minimum absolute atomic E-state index is 0.0100. The van der Waals surface area contributed by atoms with Gasteiger partial charge in [-0.05, 0) is 30.3 Å². The monoisotopic (exact) mass is 312 g/mol. The first-order chi connectivity index (χ1) is 9.42. The molecule has 0 aliphatic heterocycles. The zero-order chi connectivity index (χ0) is 14.8. The van der Waals surface area contributed by atoms with Crippen molar-refractivity contribution in [3.8, 4) is 17.2 Å². The summed E-state index contributed by atoms with van der Waals surface area (Å²) < 4.78 is 29.0. The van der Waals surface area contributed by atoms with E-state index in [-0.39, 0.29) is 21.4 Å². The Kier molecular flexibility index (Phi) is 4.20. The number of phenols is 1. The van der Waals surface area contributed by atoms with Crippen LogP contribution in [0.1, 0.15) is 6.92 Å². The van der Waals surface area contributed by atoms with Crippen LogP contribution in [0, 0.1) is 0 Å². The highest BCUT2D eigenvalue weighted by atomic mass is 35.5. The highest BCUT2D eigenvalue weighted by Crippen LogP contribution is 2.32. The van der Waals surface area contributed by atoms with E-state index in [0.717, 1.165) is 0 Å². The van der Waals surface area contributed by atoms with Crippen LogP contribution >= 0.6 is 11.6 Å². The second kappa shape index (κ2) is 5.73. The van der Waals surface area contributed by atoms with Crippen molar-refractivity contribution < 1.29 is 18.3 Å². The predicted octanol–water partition coefficient (Wildman–Crippen LogP) is 3.63. The quantitative estimate of drug-likeness (QED) is 0.936. The lowest BCUT2D eigenvalue weighted by Crippen LogP contribution is -2.03. The molecule has 0 aliphatic carbocycles. The number of benzene rings is 2. The summed E-state index contributed by atoms with van der Waals surface area (Å²) in [6.07, 6.45) is 0. The summed E-state index contributed by atoms with van der Waals surface area (Å²) >= 11 is 6.03. The Morgan fingerprint density at radius 1 is 1.20 bits per heavy atom. The minimum Gasteiger partial charge on any atom is -0.508 e. The van der Waals surface area contributed by atoms with Gasteiger partial charge in [-0.3, -0.25) is 0 Å². The summed E-state index contributed by atoms with van der Waals surface area (Å²) in [5.74, 6) is 0.824. The summed E-state index contributed by atoms with van der Waals surface area (Å²) in [7, 11) is -3.30. The summed E-state index contributed by atoms with van der Waals surface area (Å²) in [6.45, 7) is 1.57. The lowest BCUT2D eigenvalue weighted by molar-refractivity contribution is 0.455. The third-order valence-electron chi connectivity index (χ3n) is 2.69. The summed E-state index contributed by atoms with van der Waals surface area (Å²) in [5, 5.41) is 9.55. The van der Waals surface area contributed by atoms with Gasteiger partial charge in [0.05, 0.1) is 15.7 Å². The maximum Gasteiger partial charge on any atom is 0.178 e. The number of phenolic OH excluding ortho intramolecular Hbond substituents is 1. The number of hydrogen-bond acceptors (Lipinski definition) is 4. The molecule has 2 rings (SSSR count). The zero-order valence-corrected chi connectivity index (χ0v) is 12.3. The molecule has 1 N–H and O–H groups in total. The Morgan fingerprint density at radius 3 is 2.55 bits per heavy atom. The molecule has 0 aliphatic rings. The largest absolute Gasteiger partial charge is 0.508 e. The first-order valence-electron chi connectivity index (χ1n) is 5.91. The van der Waals surface area contributed by atoms with Crippen molar-refractivity contribution in [2.24, 2.45) is 0 Å². The van der Waals surface area contributed by atoms with Crippen LogP contribution in [0.3, 0.4) is 0 Å². The smallest absolute Gasteiger partial charge is 0.178 e. The molecule has 20 heavy (non-hydrogen) atoms. The summed E-state index contributed by atoms with van der Waals surface area (Å²) in [5.41, 5.74) is 0. The van der Waals surface area contributed by atoms with Crippen LogP contribution in [0.5, 0.6) is 17.2 Å². The number of ether oxygens (including phenoxy) is 1. The van der Waals surface area contributed by atoms with Gasteiger partial charge in [0.15, 0.2) is 9.84 Å². The van der Waals surface area contributed by atoms with Gasteiger partial charge in [-0.2, -0.15) is 0 Å². The van der Waals surface area contributed by atoms with Gasteiger partial charge in [-0.25, -0.2) is 8.42 Å². The van der Waals surface area contributed by atoms with Crippen LogP contribution in [0.15, 0.2) is 47.4 Å². The summed E-state index contributed by atoms with van der Waals surface area (Å²) in [4.78, 5) is 0.160. The molecule has 6 heteroatoms. The van der Waals surface area contributed by atoms with Crippen LogP contribution in [-0.4, -0.2) is 19.3 Å². The van der Waals surface area contributed by atoms with Gasteiger partial charge in [0.1, 0.15) is 17.2 Å². The number of halogens is 1. The molecule has 0 atom stereocenters. The van der Waals surface area contributed by atoms with Gasteiger partial charge in [0.2, 0.25) is 0 Å². The Morgan fingerprint density at radius 2 is 1.95 bits per heavy atom. The molecule has 0 saturated carbocycles. The number of sulfone groups is 1. The molecule has 2 aromatic rings. The lowest BCUT2D eigenvalue weighted by Gasteiger charge is -2.09.